The van der Waals surface area contributed by atoms with Gasteiger partial charge in [-0.1, -0.05) is 19.1 Å². The molecule has 0 saturated heterocycles. The van der Waals surface area contributed by atoms with Crippen molar-refractivity contribution in [3.05, 3.63) is 59.2 Å². The van der Waals surface area contributed by atoms with Gasteiger partial charge in [-0.15, -0.1) is 0 Å². The van der Waals surface area contributed by atoms with Crippen LogP contribution in [0, 0.1) is 17.1 Å². The molecule has 0 spiro atoms. The largest absolute Gasteiger partial charge is 0.349 e. The lowest BCUT2D eigenvalue weighted by Gasteiger charge is -2.07. The van der Waals surface area contributed by atoms with Crippen LogP contribution in [0.5, 0.6) is 0 Å². The van der Waals surface area contributed by atoms with Gasteiger partial charge in [0.2, 0.25) is 0 Å². The Bertz CT molecular complexity index is 610. The van der Waals surface area contributed by atoms with Crippen molar-refractivity contribution in [1.29, 1.82) is 5.26 Å². The molecule has 0 saturated carbocycles. The van der Waals surface area contributed by atoms with Gasteiger partial charge in [-0.05, 0) is 24.1 Å². The lowest BCUT2D eigenvalue weighted by atomic mass is 10.1. The molecule has 2 N–H and O–H groups in total. The Balaban J connectivity index is 2.22. The van der Waals surface area contributed by atoms with Crippen molar-refractivity contribution in [3.63, 3.8) is 0 Å². The van der Waals surface area contributed by atoms with Crippen LogP contribution in [0.25, 0.3) is 0 Å². The lowest BCUT2D eigenvalue weighted by molar-refractivity contribution is 0.595. The van der Waals surface area contributed by atoms with Crippen LogP contribution in [0.3, 0.4) is 0 Å². The summed E-state index contributed by atoms with van der Waals surface area (Å²) in [5.41, 5.74) is 7.57. The quantitative estimate of drug-likeness (QED) is 0.915. The van der Waals surface area contributed by atoms with Gasteiger partial charge >= 0.3 is 0 Å². The second-order valence-corrected chi connectivity index (χ2v) is 4.52. The first-order valence-corrected chi connectivity index (χ1v) is 6.24. The van der Waals surface area contributed by atoms with Gasteiger partial charge in [0.25, 0.3) is 0 Å². The maximum atomic E-state index is 13.9. The summed E-state index contributed by atoms with van der Waals surface area (Å²) in [6, 6.07) is 8.67. The van der Waals surface area contributed by atoms with Crippen molar-refractivity contribution in [1.82, 2.24) is 4.57 Å². The third kappa shape index (κ3) is 2.83. The zero-order valence-electron chi connectivity index (χ0n) is 10.8. The molecule has 1 unspecified atom stereocenters. The fourth-order valence-electron chi connectivity index (χ4n) is 2.00. The van der Waals surface area contributed by atoms with Crippen LogP contribution in [0.15, 0.2) is 36.7 Å². The number of nitrogens with two attached hydrogens (primary N) is 1. The molecule has 4 heteroatoms. The highest BCUT2D eigenvalue weighted by molar-refractivity contribution is 5.35. The normalized spacial score (nSPS) is 12.1. The van der Waals surface area contributed by atoms with E-state index < -0.39 is 5.82 Å². The van der Waals surface area contributed by atoms with Crippen LogP contribution in [0.1, 0.15) is 36.1 Å². The average Bonchev–Trinajstić information content (AvgIpc) is 2.89. The van der Waals surface area contributed by atoms with Crippen molar-refractivity contribution in [3.8, 4) is 6.07 Å². The third-order valence-electron chi connectivity index (χ3n) is 3.19. The van der Waals surface area contributed by atoms with E-state index in [1.165, 1.54) is 6.07 Å². The summed E-state index contributed by atoms with van der Waals surface area (Å²) in [7, 11) is 0. The molecule has 1 aromatic heterocycles. The molecule has 2 aromatic rings. The molecular weight excluding hydrogens is 241 g/mol. The molecule has 0 radical (unpaired) electrons. The van der Waals surface area contributed by atoms with E-state index in [1.807, 2.05) is 36.0 Å². The van der Waals surface area contributed by atoms with Gasteiger partial charge in [-0.25, -0.2) is 4.39 Å². The summed E-state index contributed by atoms with van der Waals surface area (Å²) in [5, 5.41) is 8.80. The molecule has 2 rings (SSSR count). The predicted octanol–water partition coefficient (Wildman–Crippen LogP) is 2.96. The zero-order valence-corrected chi connectivity index (χ0v) is 10.8. The summed E-state index contributed by atoms with van der Waals surface area (Å²) in [5.74, 6) is -0.444. The lowest BCUT2D eigenvalue weighted by Crippen LogP contribution is -2.07. The van der Waals surface area contributed by atoms with Crippen molar-refractivity contribution < 1.29 is 4.39 Å². The van der Waals surface area contributed by atoms with Crippen LogP contribution in [0.4, 0.5) is 4.39 Å². The molecule has 0 aliphatic heterocycles. The molecule has 0 bridgehead atoms. The van der Waals surface area contributed by atoms with E-state index >= 15 is 0 Å². The maximum absolute atomic E-state index is 13.9. The van der Waals surface area contributed by atoms with Gasteiger partial charge in [-0.2, -0.15) is 5.26 Å². The monoisotopic (exact) mass is 257 g/mol. The van der Waals surface area contributed by atoms with Gasteiger partial charge in [-0.3, -0.25) is 0 Å². The predicted molar refractivity (Wildman–Crippen MR) is 71.9 cm³/mol. The Morgan fingerprint density at radius 1 is 1.42 bits per heavy atom. The Hall–Kier alpha value is -2.12. The van der Waals surface area contributed by atoms with E-state index in [0.717, 1.165) is 12.0 Å². The van der Waals surface area contributed by atoms with Crippen LogP contribution in [0.2, 0.25) is 0 Å². The summed E-state index contributed by atoms with van der Waals surface area (Å²) in [4.78, 5) is 0. The molecule has 0 fully saturated rings. The minimum absolute atomic E-state index is 0.0107. The van der Waals surface area contributed by atoms with Gasteiger partial charge < -0.3 is 10.3 Å². The number of halogens is 1. The third-order valence-corrected chi connectivity index (χ3v) is 3.19. The summed E-state index contributed by atoms with van der Waals surface area (Å²) in [6.45, 7) is 2.43. The molecule has 0 aliphatic rings. The molecule has 0 amide bonds. The van der Waals surface area contributed by atoms with Crippen LogP contribution in [-0.2, 0) is 6.54 Å². The van der Waals surface area contributed by atoms with Crippen LogP contribution in [-0.4, -0.2) is 4.57 Å². The van der Waals surface area contributed by atoms with Crippen molar-refractivity contribution in [2.24, 2.45) is 5.73 Å². The Morgan fingerprint density at radius 3 is 2.89 bits per heavy atom. The number of hydrogen-bond acceptors (Lipinski definition) is 2. The highest BCUT2D eigenvalue weighted by Gasteiger charge is 2.09. The Morgan fingerprint density at radius 2 is 2.21 bits per heavy atom. The minimum Gasteiger partial charge on any atom is -0.349 e. The van der Waals surface area contributed by atoms with E-state index in [9.17, 15) is 4.39 Å². The smallest absolute Gasteiger partial charge is 0.145 e. The first kappa shape index (κ1) is 13.3. The molecule has 3 nitrogen and oxygen atoms in total. The fraction of sp³-hybridized carbons (Fsp3) is 0.267. The second-order valence-electron chi connectivity index (χ2n) is 4.52. The van der Waals surface area contributed by atoms with Crippen LogP contribution >= 0.6 is 0 Å². The Kier molecular flexibility index (Phi) is 3.98. The Labute approximate surface area is 112 Å². The number of aromatic nitrogens is 1. The van der Waals surface area contributed by atoms with Crippen molar-refractivity contribution >= 4 is 0 Å². The zero-order chi connectivity index (χ0) is 13.8. The number of rotatable bonds is 4. The van der Waals surface area contributed by atoms with E-state index in [1.54, 1.807) is 12.1 Å². The summed E-state index contributed by atoms with van der Waals surface area (Å²) in [6.07, 6.45) is 4.66. The van der Waals surface area contributed by atoms with Gasteiger partial charge in [0.15, 0.2) is 0 Å². The molecular formula is C15H16FN3. The van der Waals surface area contributed by atoms with E-state index in [4.69, 9.17) is 11.0 Å². The number of nitriles is 1. The standard InChI is InChI=1S/C15H16FN3/c1-2-14(18)12-6-7-19(9-12)10-13-5-3-4-11(8-17)15(13)16/h3-7,9,14H,2,10,18H2,1H3. The number of hydrogen-bond donors (Lipinski definition) is 1. The molecule has 19 heavy (non-hydrogen) atoms. The van der Waals surface area contributed by atoms with Gasteiger partial charge in [0.05, 0.1) is 5.56 Å². The van der Waals surface area contributed by atoms with Gasteiger partial charge in [0, 0.05) is 30.5 Å². The van der Waals surface area contributed by atoms with E-state index in [0.29, 0.717) is 12.1 Å². The summed E-state index contributed by atoms with van der Waals surface area (Å²) < 4.78 is 15.8. The fourth-order valence-corrected chi connectivity index (χ4v) is 2.00. The molecule has 1 heterocycles. The molecule has 98 valence electrons. The first-order chi connectivity index (χ1) is 9.15. The van der Waals surface area contributed by atoms with E-state index in [-0.39, 0.29) is 11.6 Å². The maximum Gasteiger partial charge on any atom is 0.145 e. The average molecular weight is 257 g/mol. The van der Waals surface area contributed by atoms with Crippen molar-refractivity contribution in [2.75, 3.05) is 0 Å². The number of nitrogens with zero attached hydrogens (tertiary/aromatic N) is 2. The highest BCUT2D eigenvalue weighted by atomic mass is 19.1. The van der Waals surface area contributed by atoms with E-state index in [2.05, 4.69) is 0 Å². The highest BCUT2D eigenvalue weighted by Crippen LogP contribution is 2.17. The molecule has 0 aliphatic carbocycles. The molecule has 1 atom stereocenters. The first-order valence-electron chi connectivity index (χ1n) is 6.24. The van der Waals surface area contributed by atoms with Gasteiger partial charge in [0.1, 0.15) is 11.9 Å². The molecule has 1 aromatic carbocycles. The SMILES string of the molecule is CCC(N)c1ccn(Cc2cccc(C#N)c2F)c1. The topological polar surface area (TPSA) is 54.7 Å². The second kappa shape index (κ2) is 5.68. The minimum atomic E-state index is -0.444. The number of benzene rings is 1. The summed E-state index contributed by atoms with van der Waals surface area (Å²) >= 11 is 0. The van der Waals surface area contributed by atoms with Crippen molar-refractivity contribution in [2.45, 2.75) is 25.9 Å². The van der Waals surface area contributed by atoms with Crippen LogP contribution < -0.4 is 5.73 Å².